The van der Waals surface area contributed by atoms with Crippen LogP contribution in [0.5, 0.6) is 0 Å². The fourth-order valence-electron chi connectivity index (χ4n) is 3.43. The second-order valence-electron chi connectivity index (χ2n) is 7.04. The molecule has 7 nitrogen and oxygen atoms in total. The van der Waals surface area contributed by atoms with Crippen LogP contribution in [0.25, 0.3) is 0 Å². The van der Waals surface area contributed by atoms with E-state index in [9.17, 15) is 19.2 Å². The van der Waals surface area contributed by atoms with E-state index in [2.05, 4.69) is 25.8 Å². The highest BCUT2D eigenvalue weighted by atomic mass is 32.1. The average molecular weight is 439 g/mol. The molecule has 0 N–H and O–H groups in total. The Bertz CT molecular complexity index is 1020. The lowest BCUT2D eigenvalue weighted by molar-refractivity contribution is -0.151. The molecular formula is C23H22N2O5S. The highest BCUT2D eigenvalue weighted by molar-refractivity contribution is 7.80. The number of hydrogen-bond acceptors (Lipinski definition) is 6. The minimum Gasteiger partial charge on any atom is -0.456 e. The molecule has 0 aromatic heterocycles. The standard InChI is InChI=1S/C23H22N2O5S/c1-4-8-15(5-2)12-30-23(29)19(14(3)13-31)24-11-18(22(24)28)25-20(26)16-9-6-7-10-17(16)21(25)27/h4-10,18,31H,1-2,11-13H2,3H3/b15-8+,19-14-/t18-/m1/s1. The lowest BCUT2D eigenvalue weighted by Crippen LogP contribution is -2.65. The number of amides is 3. The molecule has 3 rings (SSSR count). The molecule has 0 aliphatic carbocycles. The minimum atomic E-state index is -0.965. The summed E-state index contributed by atoms with van der Waals surface area (Å²) in [5, 5.41) is 0. The van der Waals surface area contributed by atoms with E-state index < -0.39 is 29.7 Å². The predicted octanol–water partition coefficient (Wildman–Crippen LogP) is 2.54. The number of fused-ring (bicyclic) bond motifs is 1. The van der Waals surface area contributed by atoms with Crippen LogP contribution in [0.3, 0.4) is 0 Å². The Morgan fingerprint density at radius 1 is 1.19 bits per heavy atom. The SMILES string of the molecule is C=C/C=C(\C=C)COC(=O)/C(=C(\C)CS)N1C[C@@H](N2C(=O)c3ccccc3C2=O)C1=O. The van der Waals surface area contributed by atoms with Crippen molar-refractivity contribution in [3.63, 3.8) is 0 Å². The summed E-state index contributed by atoms with van der Waals surface area (Å²) >= 11 is 4.21. The molecule has 3 amide bonds. The van der Waals surface area contributed by atoms with Crippen LogP contribution in [0.4, 0.5) is 0 Å². The van der Waals surface area contributed by atoms with Gasteiger partial charge in [0.1, 0.15) is 18.3 Å². The highest BCUT2D eigenvalue weighted by Crippen LogP contribution is 2.31. The van der Waals surface area contributed by atoms with Crippen molar-refractivity contribution in [2.75, 3.05) is 18.9 Å². The number of esters is 1. The quantitative estimate of drug-likeness (QED) is 0.168. The molecule has 160 valence electrons. The molecule has 2 heterocycles. The summed E-state index contributed by atoms with van der Waals surface area (Å²) in [6.07, 6.45) is 4.74. The van der Waals surface area contributed by atoms with Crippen molar-refractivity contribution < 1.29 is 23.9 Å². The first-order chi connectivity index (χ1) is 14.8. The Morgan fingerprint density at radius 3 is 2.29 bits per heavy atom. The second-order valence-corrected chi connectivity index (χ2v) is 7.35. The number of thiol groups is 1. The minimum absolute atomic E-state index is 0.0106. The molecule has 0 spiro atoms. The number of allylic oxidation sites excluding steroid dienone is 2. The molecule has 8 heteroatoms. The van der Waals surface area contributed by atoms with E-state index in [-0.39, 0.29) is 35.7 Å². The van der Waals surface area contributed by atoms with E-state index in [0.717, 1.165) is 4.90 Å². The molecule has 1 atom stereocenters. The molecule has 1 saturated heterocycles. The number of rotatable bonds is 8. The molecular weight excluding hydrogens is 416 g/mol. The lowest BCUT2D eigenvalue weighted by atomic mass is 10.0. The second kappa shape index (κ2) is 9.18. The highest BCUT2D eigenvalue weighted by Gasteiger charge is 2.51. The Balaban J connectivity index is 1.77. The maximum atomic E-state index is 12.9. The zero-order chi connectivity index (χ0) is 22.7. The molecule has 1 fully saturated rings. The number of carbonyl (C=O) groups is 4. The van der Waals surface area contributed by atoms with Crippen LogP contribution in [0.15, 0.2) is 72.5 Å². The Hall–Kier alpha value is -3.39. The van der Waals surface area contributed by atoms with Crippen LogP contribution in [0, 0.1) is 0 Å². The van der Waals surface area contributed by atoms with Gasteiger partial charge in [-0.05, 0) is 30.2 Å². The van der Waals surface area contributed by atoms with E-state index in [1.807, 2.05) is 0 Å². The summed E-state index contributed by atoms with van der Waals surface area (Å²) < 4.78 is 5.33. The van der Waals surface area contributed by atoms with Gasteiger partial charge in [-0.25, -0.2) is 4.79 Å². The maximum absolute atomic E-state index is 12.9. The molecule has 0 unspecified atom stereocenters. The molecule has 1 aromatic rings. The largest absolute Gasteiger partial charge is 0.456 e. The summed E-state index contributed by atoms with van der Waals surface area (Å²) in [5.74, 6) is -2.01. The maximum Gasteiger partial charge on any atom is 0.355 e. The zero-order valence-electron chi connectivity index (χ0n) is 17.0. The van der Waals surface area contributed by atoms with Crippen LogP contribution in [0.2, 0.25) is 0 Å². The Labute approximate surface area is 185 Å². The van der Waals surface area contributed by atoms with Crippen molar-refractivity contribution in [2.24, 2.45) is 0 Å². The topological polar surface area (TPSA) is 84.0 Å². The Morgan fingerprint density at radius 2 is 1.81 bits per heavy atom. The number of likely N-dealkylation sites (tertiary alicyclic amines) is 1. The average Bonchev–Trinajstić information content (AvgIpc) is 3.03. The fourth-order valence-corrected chi connectivity index (χ4v) is 3.58. The first kappa shape index (κ1) is 22.3. The third-order valence-corrected chi connectivity index (χ3v) is 5.59. The lowest BCUT2D eigenvalue weighted by Gasteiger charge is -2.42. The zero-order valence-corrected chi connectivity index (χ0v) is 17.9. The van der Waals surface area contributed by atoms with Gasteiger partial charge < -0.3 is 9.64 Å². The number of carbonyl (C=O) groups excluding carboxylic acids is 4. The van der Waals surface area contributed by atoms with Crippen molar-refractivity contribution in [1.82, 2.24) is 9.80 Å². The van der Waals surface area contributed by atoms with E-state index in [4.69, 9.17) is 4.74 Å². The van der Waals surface area contributed by atoms with Gasteiger partial charge in [-0.3, -0.25) is 19.3 Å². The Kier molecular flexibility index (Phi) is 6.60. The van der Waals surface area contributed by atoms with Gasteiger partial charge in [0.25, 0.3) is 17.7 Å². The first-order valence-corrected chi connectivity index (χ1v) is 10.2. The van der Waals surface area contributed by atoms with Crippen LogP contribution >= 0.6 is 12.6 Å². The number of imide groups is 1. The third-order valence-electron chi connectivity index (χ3n) is 5.11. The van der Waals surface area contributed by atoms with E-state index in [1.54, 1.807) is 43.3 Å². The van der Waals surface area contributed by atoms with Crippen LogP contribution in [-0.4, -0.2) is 58.4 Å². The van der Waals surface area contributed by atoms with Gasteiger partial charge in [-0.1, -0.05) is 43.5 Å². The smallest absolute Gasteiger partial charge is 0.355 e. The number of benzene rings is 1. The monoisotopic (exact) mass is 438 g/mol. The fraction of sp³-hybridized carbons (Fsp3) is 0.217. The van der Waals surface area contributed by atoms with Crippen molar-refractivity contribution in [1.29, 1.82) is 0 Å². The summed E-state index contributed by atoms with van der Waals surface area (Å²) in [6.45, 7) is 8.87. The molecule has 0 saturated carbocycles. The summed E-state index contributed by atoms with van der Waals surface area (Å²) in [5.41, 5.74) is 1.79. The molecule has 31 heavy (non-hydrogen) atoms. The van der Waals surface area contributed by atoms with Crippen LogP contribution in [-0.2, 0) is 14.3 Å². The van der Waals surface area contributed by atoms with Crippen LogP contribution in [0.1, 0.15) is 27.6 Å². The normalized spacial score (nSPS) is 19.0. The van der Waals surface area contributed by atoms with Gasteiger partial charge in [0.15, 0.2) is 0 Å². The summed E-state index contributed by atoms with van der Waals surface area (Å²) in [6, 6.07) is 5.46. The molecule has 2 aliphatic rings. The summed E-state index contributed by atoms with van der Waals surface area (Å²) in [4.78, 5) is 53.2. The third kappa shape index (κ3) is 3.98. The molecule has 1 aromatic carbocycles. The predicted molar refractivity (Wildman–Crippen MR) is 118 cm³/mol. The van der Waals surface area contributed by atoms with E-state index in [0.29, 0.717) is 11.1 Å². The van der Waals surface area contributed by atoms with Gasteiger partial charge in [-0.2, -0.15) is 12.6 Å². The number of ether oxygens (including phenoxy) is 1. The van der Waals surface area contributed by atoms with Gasteiger partial charge in [-0.15, -0.1) is 0 Å². The number of β-lactam (4-membered cyclic amide) rings is 1. The molecule has 0 radical (unpaired) electrons. The number of nitrogens with zero attached hydrogens (tertiary/aromatic N) is 2. The molecule has 2 aliphatic heterocycles. The molecule has 0 bridgehead atoms. The van der Waals surface area contributed by atoms with Gasteiger partial charge in [0.2, 0.25) is 0 Å². The van der Waals surface area contributed by atoms with Crippen molar-refractivity contribution in [2.45, 2.75) is 13.0 Å². The first-order valence-electron chi connectivity index (χ1n) is 9.55. The van der Waals surface area contributed by atoms with Gasteiger partial charge >= 0.3 is 5.97 Å². The van der Waals surface area contributed by atoms with Gasteiger partial charge in [0, 0.05) is 5.75 Å². The number of hydrogen-bond donors (Lipinski definition) is 1. The van der Waals surface area contributed by atoms with Gasteiger partial charge in [0.05, 0.1) is 17.7 Å². The van der Waals surface area contributed by atoms with Crippen molar-refractivity contribution in [3.05, 3.63) is 83.6 Å². The summed E-state index contributed by atoms with van der Waals surface area (Å²) in [7, 11) is 0. The van der Waals surface area contributed by atoms with Crippen molar-refractivity contribution >= 4 is 36.3 Å². The van der Waals surface area contributed by atoms with Crippen molar-refractivity contribution in [3.8, 4) is 0 Å². The van der Waals surface area contributed by atoms with Crippen LogP contribution < -0.4 is 0 Å². The van der Waals surface area contributed by atoms with E-state index in [1.165, 1.54) is 11.0 Å². The van der Waals surface area contributed by atoms with E-state index >= 15 is 0 Å².